The van der Waals surface area contributed by atoms with Crippen LogP contribution in [0.1, 0.15) is 18.9 Å². The van der Waals surface area contributed by atoms with Crippen LogP contribution in [-0.2, 0) is 15.1 Å². The van der Waals surface area contributed by atoms with Crippen LogP contribution in [0.2, 0.25) is 0 Å². The van der Waals surface area contributed by atoms with E-state index < -0.39 is 53.8 Å². The molecule has 11 heteroatoms. The summed E-state index contributed by atoms with van der Waals surface area (Å²) in [5.41, 5.74) is -2.61. The van der Waals surface area contributed by atoms with Crippen molar-refractivity contribution in [1.82, 2.24) is 19.8 Å². The highest BCUT2D eigenvalue weighted by Gasteiger charge is 2.49. The topological polar surface area (TPSA) is 154 Å². The number of aliphatic hydroxyl groups excluding tert-OH is 2. The molecule has 3 rings (SSSR count). The molecular weight excluding hydrogens is 348 g/mol. The van der Waals surface area contributed by atoms with Gasteiger partial charge in [0.15, 0.2) is 0 Å². The van der Waals surface area contributed by atoms with Crippen LogP contribution in [0.3, 0.4) is 0 Å². The van der Waals surface area contributed by atoms with Gasteiger partial charge in [-0.2, -0.15) is 0 Å². The number of nitrogens with zero attached hydrogens (tertiary/aromatic N) is 2. The van der Waals surface area contributed by atoms with Crippen LogP contribution in [0.25, 0.3) is 0 Å². The maximum Gasteiger partial charge on any atom is 0.329 e. The third-order valence-electron chi connectivity index (χ3n) is 4.83. The van der Waals surface area contributed by atoms with Crippen LogP contribution in [0.5, 0.6) is 0 Å². The van der Waals surface area contributed by atoms with E-state index >= 15 is 0 Å². The van der Waals surface area contributed by atoms with Crippen LogP contribution < -0.4 is 16.6 Å². The zero-order valence-electron chi connectivity index (χ0n) is 14.3. The van der Waals surface area contributed by atoms with Crippen LogP contribution in [-0.4, -0.2) is 68.2 Å². The number of carbonyl (C=O) groups is 2. The molecule has 2 aliphatic rings. The van der Waals surface area contributed by atoms with Crippen molar-refractivity contribution in [1.29, 1.82) is 0 Å². The van der Waals surface area contributed by atoms with Crippen molar-refractivity contribution in [3.05, 3.63) is 32.6 Å². The Labute approximate surface area is 147 Å². The summed E-state index contributed by atoms with van der Waals surface area (Å²) in [6.45, 7) is 2.32. The first kappa shape index (κ1) is 18.3. The van der Waals surface area contributed by atoms with E-state index in [9.17, 15) is 29.4 Å². The maximum atomic E-state index is 12.5. The predicted molar refractivity (Wildman–Crippen MR) is 86.3 cm³/mol. The number of aromatic nitrogens is 2. The molecule has 3 amide bonds. The summed E-state index contributed by atoms with van der Waals surface area (Å²) in [5.74, 6) is -0.704. The first-order valence-electron chi connectivity index (χ1n) is 8.07. The summed E-state index contributed by atoms with van der Waals surface area (Å²) < 4.78 is 6.54. The van der Waals surface area contributed by atoms with E-state index in [2.05, 4.69) is 10.3 Å². The highest BCUT2D eigenvalue weighted by Crippen LogP contribution is 2.28. The average Bonchev–Trinajstić information content (AvgIpc) is 2.95. The second-order valence-corrected chi connectivity index (χ2v) is 6.72. The maximum absolute atomic E-state index is 12.5. The quantitative estimate of drug-likeness (QED) is 0.463. The molecule has 1 aromatic heterocycles. The smallest absolute Gasteiger partial charge is 0.329 e. The largest absolute Gasteiger partial charge is 0.394 e. The number of aryl methyl sites for hydroxylation is 1. The van der Waals surface area contributed by atoms with E-state index in [1.54, 1.807) is 0 Å². The van der Waals surface area contributed by atoms with Gasteiger partial charge in [0.1, 0.15) is 17.9 Å². The molecule has 4 atom stereocenters. The summed E-state index contributed by atoms with van der Waals surface area (Å²) >= 11 is 0. The van der Waals surface area contributed by atoms with Crippen LogP contribution in [0.15, 0.2) is 15.8 Å². The Morgan fingerprint density at radius 1 is 1.35 bits per heavy atom. The molecule has 11 nitrogen and oxygen atoms in total. The third kappa shape index (κ3) is 2.83. The standard InChI is InChI=1S/C15H20N4O7/c1-7-4-19(14(25)16-11(7)22)15(2)6-18(13(24)17-12(15)23)10-3-8(21)9(5-20)26-10/h4,8-10,20-21H,3,5-6H2,1-2H3,(H,16,22,25)(H,17,23,24)/t8-,9+,10+,15?/m0/s1. The van der Waals surface area contributed by atoms with E-state index in [0.717, 1.165) is 4.57 Å². The second-order valence-electron chi connectivity index (χ2n) is 6.72. The Kier molecular flexibility index (Phi) is 4.46. The Morgan fingerprint density at radius 3 is 2.65 bits per heavy atom. The van der Waals surface area contributed by atoms with Crippen molar-refractivity contribution in [2.45, 2.75) is 44.2 Å². The molecule has 0 aromatic carbocycles. The molecule has 1 unspecified atom stereocenters. The Balaban J connectivity index is 1.97. The molecule has 3 heterocycles. The number of hydrogen-bond acceptors (Lipinski definition) is 7. The molecule has 0 aliphatic carbocycles. The molecular formula is C15H20N4O7. The van der Waals surface area contributed by atoms with Gasteiger partial charge in [0, 0.05) is 18.2 Å². The van der Waals surface area contributed by atoms with Gasteiger partial charge in [0.25, 0.3) is 11.5 Å². The predicted octanol–water partition coefficient (Wildman–Crippen LogP) is -2.42. The van der Waals surface area contributed by atoms with Gasteiger partial charge in [0.2, 0.25) is 0 Å². The molecule has 0 radical (unpaired) electrons. The number of nitrogens with one attached hydrogen (secondary N) is 2. The number of rotatable bonds is 3. The first-order valence-corrected chi connectivity index (χ1v) is 8.07. The van der Waals surface area contributed by atoms with Crippen LogP contribution in [0, 0.1) is 6.92 Å². The fourth-order valence-electron chi connectivity index (χ4n) is 3.20. The van der Waals surface area contributed by atoms with E-state index in [0.29, 0.717) is 0 Å². The van der Waals surface area contributed by atoms with E-state index in [1.807, 2.05) is 0 Å². The zero-order chi connectivity index (χ0) is 19.2. The molecule has 26 heavy (non-hydrogen) atoms. The van der Waals surface area contributed by atoms with Gasteiger partial charge in [-0.25, -0.2) is 9.59 Å². The number of ether oxygens (including phenoxy) is 1. The van der Waals surface area contributed by atoms with Gasteiger partial charge >= 0.3 is 11.7 Å². The van der Waals surface area contributed by atoms with Crippen molar-refractivity contribution in [3.63, 3.8) is 0 Å². The van der Waals surface area contributed by atoms with E-state index in [-0.39, 0.29) is 18.5 Å². The molecule has 0 bridgehead atoms. The van der Waals surface area contributed by atoms with Crippen LogP contribution in [0.4, 0.5) is 4.79 Å². The number of H-pyrrole nitrogens is 1. The fourth-order valence-corrected chi connectivity index (χ4v) is 3.20. The molecule has 2 fully saturated rings. The Bertz CT molecular complexity index is 862. The summed E-state index contributed by atoms with van der Waals surface area (Å²) in [6, 6.07) is -0.725. The summed E-state index contributed by atoms with van der Waals surface area (Å²) in [4.78, 5) is 51.9. The molecule has 2 saturated heterocycles. The lowest BCUT2D eigenvalue weighted by atomic mass is 9.97. The average molecular weight is 368 g/mol. The van der Waals surface area contributed by atoms with Gasteiger partial charge in [-0.1, -0.05) is 0 Å². The van der Waals surface area contributed by atoms with Gasteiger partial charge in [-0.05, 0) is 13.8 Å². The number of amides is 3. The van der Waals surface area contributed by atoms with Gasteiger partial charge in [-0.3, -0.25) is 29.4 Å². The summed E-state index contributed by atoms with van der Waals surface area (Å²) in [7, 11) is 0. The SMILES string of the molecule is Cc1cn(C2(C)CN([C@H]3C[C@H](O)[C@@H](CO)O3)C(=O)NC2=O)c(=O)[nH]c1=O. The lowest BCUT2D eigenvalue weighted by Crippen LogP contribution is -2.67. The van der Waals surface area contributed by atoms with Crippen molar-refractivity contribution in [2.24, 2.45) is 0 Å². The first-order chi connectivity index (χ1) is 12.2. The van der Waals surface area contributed by atoms with Crippen molar-refractivity contribution < 1.29 is 24.5 Å². The number of hydrogen-bond donors (Lipinski definition) is 4. The molecule has 2 aliphatic heterocycles. The molecule has 142 valence electrons. The normalized spacial score (nSPS) is 32.0. The van der Waals surface area contributed by atoms with E-state index in [1.165, 1.54) is 24.9 Å². The Hall–Kier alpha value is -2.50. The highest BCUT2D eigenvalue weighted by atomic mass is 16.5. The highest BCUT2D eigenvalue weighted by molar-refractivity contribution is 6.01. The minimum absolute atomic E-state index is 0.0580. The number of aromatic amines is 1. The third-order valence-corrected chi connectivity index (χ3v) is 4.83. The summed E-state index contributed by atoms with van der Waals surface area (Å²) in [6.07, 6.45) is -1.35. The van der Waals surface area contributed by atoms with Gasteiger partial charge in [-0.15, -0.1) is 0 Å². The molecule has 1 aromatic rings. The number of imide groups is 1. The lowest BCUT2D eigenvalue weighted by molar-refractivity contribution is -0.135. The van der Waals surface area contributed by atoms with Gasteiger partial charge < -0.3 is 14.9 Å². The minimum Gasteiger partial charge on any atom is -0.394 e. The fraction of sp³-hybridized carbons (Fsp3) is 0.600. The number of urea groups is 1. The van der Waals surface area contributed by atoms with Crippen molar-refractivity contribution >= 4 is 11.9 Å². The van der Waals surface area contributed by atoms with Crippen LogP contribution >= 0.6 is 0 Å². The number of aliphatic hydroxyl groups is 2. The second kappa shape index (κ2) is 6.34. The minimum atomic E-state index is -1.49. The molecule has 0 saturated carbocycles. The lowest BCUT2D eigenvalue weighted by Gasteiger charge is -2.41. The van der Waals surface area contributed by atoms with Crippen molar-refractivity contribution in [3.8, 4) is 0 Å². The zero-order valence-corrected chi connectivity index (χ0v) is 14.3. The summed E-state index contributed by atoms with van der Waals surface area (Å²) in [5, 5.41) is 21.3. The monoisotopic (exact) mass is 368 g/mol. The van der Waals surface area contributed by atoms with E-state index in [4.69, 9.17) is 4.74 Å². The molecule has 0 spiro atoms. The molecule has 4 N–H and O–H groups in total. The Morgan fingerprint density at radius 2 is 2.04 bits per heavy atom. The van der Waals surface area contributed by atoms with Gasteiger partial charge in [0.05, 0.1) is 19.3 Å². The van der Waals surface area contributed by atoms with Crippen molar-refractivity contribution in [2.75, 3.05) is 13.2 Å². The number of carbonyl (C=O) groups excluding carboxylic acids is 2.